The first kappa shape index (κ1) is 14.0. The van der Waals surface area contributed by atoms with Gasteiger partial charge in [-0.3, -0.25) is 5.73 Å². The van der Waals surface area contributed by atoms with Gasteiger partial charge >= 0.3 is 0 Å². The Morgan fingerprint density at radius 2 is 1.44 bits per heavy atom. The molecule has 1 rings (SSSR count). The van der Waals surface area contributed by atoms with Crippen LogP contribution < -0.4 is 11.1 Å². The van der Waals surface area contributed by atoms with Crippen molar-refractivity contribution in [2.24, 2.45) is 5.92 Å². The second kappa shape index (κ2) is 10.1. The summed E-state index contributed by atoms with van der Waals surface area (Å²) >= 11 is 0. The van der Waals surface area contributed by atoms with Crippen LogP contribution in [0.3, 0.4) is 0 Å². The maximum Gasteiger partial charge on any atom is 0.0112 e. The summed E-state index contributed by atoms with van der Waals surface area (Å²) in [6, 6.07) is 0. The van der Waals surface area contributed by atoms with Crippen LogP contribution in [-0.4, -0.2) is 19.6 Å². The quantitative estimate of drug-likeness (QED) is 0.715. The van der Waals surface area contributed by atoms with Gasteiger partial charge in [0.25, 0.3) is 0 Å². The highest BCUT2D eigenvalue weighted by Gasteiger charge is 2.09. The Hall–Kier alpha value is -0.0800. The molecule has 0 spiro atoms. The fraction of sp³-hybridized carbons (Fsp3) is 1.00. The second-order valence-electron chi connectivity index (χ2n) is 5.23. The van der Waals surface area contributed by atoms with Gasteiger partial charge in [0.15, 0.2) is 0 Å². The zero-order valence-corrected chi connectivity index (χ0v) is 10.8. The summed E-state index contributed by atoms with van der Waals surface area (Å²) in [7, 11) is 0. The largest absolute Gasteiger partial charge is 0.316 e. The number of hydrogen-bond acceptors (Lipinski definition) is 1. The molecule has 0 bridgehead atoms. The van der Waals surface area contributed by atoms with E-state index in [9.17, 15) is 0 Å². The highest BCUT2D eigenvalue weighted by Crippen LogP contribution is 2.20. The van der Waals surface area contributed by atoms with Crippen molar-refractivity contribution in [1.29, 1.82) is 0 Å². The van der Waals surface area contributed by atoms with Gasteiger partial charge < -0.3 is 5.32 Å². The highest BCUT2D eigenvalue weighted by molar-refractivity contribution is 4.65. The predicted octanol–water partition coefficient (Wildman–Crippen LogP) is 3.39. The summed E-state index contributed by atoms with van der Waals surface area (Å²) in [6.07, 6.45) is 14.0. The summed E-state index contributed by atoms with van der Waals surface area (Å²) in [4.78, 5) is 0. The molecule has 1 aliphatic carbocycles. The van der Waals surface area contributed by atoms with Crippen molar-refractivity contribution in [2.75, 3.05) is 19.6 Å². The molecule has 2 N–H and O–H groups in total. The van der Waals surface area contributed by atoms with E-state index in [1.807, 2.05) is 0 Å². The third-order valence-corrected chi connectivity index (χ3v) is 3.69. The first-order valence-corrected chi connectivity index (χ1v) is 7.29. The minimum Gasteiger partial charge on any atom is -0.316 e. The Bertz CT molecular complexity index is 138. The van der Waals surface area contributed by atoms with Crippen LogP contribution in [0.1, 0.15) is 64.2 Å². The molecule has 1 fully saturated rings. The summed E-state index contributed by atoms with van der Waals surface area (Å²) < 4.78 is 0. The summed E-state index contributed by atoms with van der Waals surface area (Å²) in [5, 5.41) is 3.52. The van der Waals surface area contributed by atoms with E-state index in [0.29, 0.717) is 6.54 Å². The molecule has 95 valence electrons. The predicted molar refractivity (Wildman–Crippen MR) is 70.5 cm³/mol. The van der Waals surface area contributed by atoms with Crippen molar-refractivity contribution in [3.63, 3.8) is 0 Å². The van der Waals surface area contributed by atoms with Gasteiger partial charge in [-0.25, -0.2) is 0 Å². The van der Waals surface area contributed by atoms with Crippen LogP contribution in [0, 0.1) is 5.92 Å². The lowest BCUT2D eigenvalue weighted by atomic mass is 9.92. The molecule has 0 aromatic rings. The van der Waals surface area contributed by atoms with Crippen molar-refractivity contribution < 1.29 is 0 Å². The molecule has 0 aromatic carbocycles. The van der Waals surface area contributed by atoms with Crippen molar-refractivity contribution >= 4 is 0 Å². The average molecular weight is 225 g/mol. The molecule has 0 amide bonds. The van der Waals surface area contributed by atoms with E-state index < -0.39 is 0 Å². The van der Waals surface area contributed by atoms with E-state index in [4.69, 9.17) is 5.73 Å². The average Bonchev–Trinajstić information content (AvgIpc) is 2.32. The minimum atomic E-state index is 0.567. The molecule has 0 aliphatic heterocycles. The minimum absolute atomic E-state index is 0.567. The molecule has 16 heavy (non-hydrogen) atoms. The molecule has 1 saturated carbocycles. The summed E-state index contributed by atoms with van der Waals surface area (Å²) in [6.45, 7) is 2.80. The fourth-order valence-electron chi connectivity index (χ4n) is 2.62. The zero-order valence-electron chi connectivity index (χ0n) is 10.8. The van der Waals surface area contributed by atoms with Crippen molar-refractivity contribution in [2.45, 2.75) is 64.2 Å². The molecule has 0 saturated heterocycles. The van der Waals surface area contributed by atoms with Gasteiger partial charge in [-0.1, -0.05) is 44.9 Å². The zero-order chi connectivity index (χ0) is 11.5. The molecule has 0 atom stereocenters. The van der Waals surface area contributed by atoms with E-state index >= 15 is 0 Å². The first-order chi connectivity index (χ1) is 7.93. The van der Waals surface area contributed by atoms with E-state index in [1.165, 1.54) is 64.3 Å². The van der Waals surface area contributed by atoms with Crippen molar-refractivity contribution in [1.82, 2.24) is 11.1 Å². The molecule has 0 heterocycles. The smallest absolute Gasteiger partial charge is 0.0112 e. The molecule has 0 unspecified atom stereocenters. The standard InChI is InChI=1S/C14H29N2/c15-11-8-12-16-13-14-9-6-4-2-1-3-5-7-10-14/h14-16H,1-13H2. The van der Waals surface area contributed by atoms with E-state index in [-0.39, 0.29) is 0 Å². The lowest BCUT2D eigenvalue weighted by Crippen LogP contribution is -2.24. The van der Waals surface area contributed by atoms with E-state index in [2.05, 4.69) is 5.32 Å². The van der Waals surface area contributed by atoms with Gasteiger partial charge in [-0.05, 0) is 38.3 Å². The first-order valence-electron chi connectivity index (χ1n) is 7.29. The maximum atomic E-state index is 7.10. The molecule has 1 radical (unpaired) electrons. The SMILES string of the molecule is [NH]CCCNCC1CCCCCCCCC1. The van der Waals surface area contributed by atoms with Gasteiger partial charge in [0.2, 0.25) is 0 Å². The Labute approximate surface area is 101 Å². The molecule has 1 aliphatic rings. The van der Waals surface area contributed by atoms with Crippen LogP contribution >= 0.6 is 0 Å². The van der Waals surface area contributed by atoms with Crippen LogP contribution in [-0.2, 0) is 0 Å². The van der Waals surface area contributed by atoms with E-state index in [0.717, 1.165) is 18.9 Å². The fourth-order valence-corrected chi connectivity index (χ4v) is 2.62. The lowest BCUT2D eigenvalue weighted by Gasteiger charge is -2.19. The third-order valence-electron chi connectivity index (χ3n) is 3.69. The van der Waals surface area contributed by atoms with Crippen LogP contribution in [0.2, 0.25) is 0 Å². The number of rotatable bonds is 5. The number of nitrogens with one attached hydrogen (secondary N) is 2. The normalized spacial score (nSPS) is 20.8. The molecular weight excluding hydrogens is 196 g/mol. The summed E-state index contributed by atoms with van der Waals surface area (Å²) in [5.41, 5.74) is 7.10. The Morgan fingerprint density at radius 3 is 2.00 bits per heavy atom. The molecular formula is C14H29N2. The second-order valence-corrected chi connectivity index (χ2v) is 5.23. The van der Waals surface area contributed by atoms with Crippen molar-refractivity contribution in [3.8, 4) is 0 Å². The number of hydrogen-bond donors (Lipinski definition) is 1. The van der Waals surface area contributed by atoms with Gasteiger partial charge in [0.05, 0.1) is 0 Å². The third kappa shape index (κ3) is 7.24. The Kier molecular flexibility index (Phi) is 8.83. The van der Waals surface area contributed by atoms with Crippen LogP contribution in [0.25, 0.3) is 0 Å². The Balaban J connectivity index is 2.09. The van der Waals surface area contributed by atoms with Crippen LogP contribution in [0.4, 0.5) is 0 Å². The van der Waals surface area contributed by atoms with Crippen molar-refractivity contribution in [3.05, 3.63) is 0 Å². The van der Waals surface area contributed by atoms with Gasteiger partial charge in [0.1, 0.15) is 0 Å². The van der Waals surface area contributed by atoms with Crippen LogP contribution in [0.5, 0.6) is 0 Å². The molecule has 2 nitrogen and oxygen atoms in total. The lowest BCUT2D eigenvalue weighted by molar-refractivity contribution is 0.370. The Morgan fingerprint density at radius 1 is 0.875 bits per heavy atom. The monoisotopic (exact) mass is 225 g/mol. The molecule has 2 heteroatoms. The summed E-state index contributed by atoms with van der Waals surface area (Å²) in [5.74, 6) is 0.906. The van der Waals surface area contributed by atoms with E-state index in [1.54, 1.807) is 0 Å². The maximum absolute atomic E-state index is 7.10. The van der Waals surface area contributed by atoms with Gasteiger partial charge in [-0.2, -0.15) is 0 Å². The molecule has 0 aromatic heterocycles. The highest BCUT2D eigenvalue weighted by atomic mass is 14.9. The van der Waals surface area contributed by atoms with Gasteiger partial charge in [0, 0.05) is 6.54 Å². The van der Waals surface area contributed by atoms with Gasteiger partial charge in [-0.15, -0.1) is 0 Å². The van der Waals surface area contributed by atoms with Crippen LogP contribution in [0.15, 0.2) is 0 Å². The topological polar surface area (TPSA) is 35.8 Å².